The fourth-order valence-electron chi connectivity index (χ4n) is 3.09. The molecule has 0 spiro atoms. The minimum atomic E-state index is -1.15. The van der Waals surface area contributed by atoms with E-state index in [4.69, 9.17) is 10.2 Å². The molecule has 1 aromatic carbocycles. The first-order valence-electron chi connectivity index (χ1n) is 7.21. The lowest BCUT2D eigenvalue weighted by Crippen LogP contribution is -2.24. The molecule has 3 rings (SSSR count). The lowest BCUT2D eigenvalue weighted by Gasteiger charge is -2.22. The van der Waals surface area contributed by atoms with Gasteiger partial charge < -0.3 is 14.6 Å². The quantitative estimate of drug-likeness (QED) is 0.833. The summed E-state index contributed by atoms with van der Waals surface area (Å²) in [6.45, 7) is -0.281. The lowest BCUT2D eigenvalue weighted by atomic mass is 9.87. The Hall–Kier alpha value is -1.69. The van der Waals surface area contributed by atoms with E-state index in [-0.39, 0.29) is 12.2 Å². The summed E-state index contributed by atoms with van der Waals surface area (Å²) in [6.07, 6.45) is 1.13. The first kappa shape index (κ1) is 14.3. The van der Waals surface area contributed by atoms with Gasteiger partial charge in [-0.15, -0.1) is 0 Å². The largest absolute Gasteiger partial charge is 0.422 e. The van der Waals surface area contributed by atoms with Gasteiger partial charge in [-0.25, -0.2) is 4.79 Å². The van der Waals surface area contributed by atoms with Crippen LogP contribution in [0.5, 0.6) is 0 Å². The van der Waals surface area contributed by atoms with Crippen molar-refractivity contribution in [2.24, 2.45) is 0 Å². The molecular weight excluding hydrogens is 270 g/mol. The normalized spacial score (nSPS) is 17.5. The molecule has 5 heteroatoms. The molecule has 0 fully saturated rings. The highest BCUT2D eigenvalue weighted by atomic mass is 16.4. The van der Waals surface area contributed by atoms with Crippen LogP contribution in [0.2, 0.25) is 0 Å². The molecule has 2 aromatic rings. The summed E-state index contributed by atoms with van der Waals surface area (Å²) in [5, 5.41) is 20.8. The average Bonchev–Trinajstić information content (AvgIpc) is 2.53. The summed E-state index contributed by atoms with van der Waals surface area (Å²) in [6, 6.07) is 5.12. The number of hydrogen-bond acceptors (Lipinski definition) is 4. The van der Waals surface area contributed by atoms with Crippen molar-refractivity contribution in [3.05, 3.63) is 45.3 Å². The van der Waals surface area contributed by atoms with Crippen molar-refractivity contribution in [3.8, 4) is 0 Å². The second kappa shape index (κ2) is 5.60. The van der Waals surface area contributed by atoms with Gasteiger partial charge in [0.25, 0.3) is 0 Å². The van der Waals surface area contributed by atoms with Crippen LogP contribution in [0, 0.1) is 0 Å². The highest BCUT2D eigenvalue weighted by molar-refractivity contribution is 5.85. The average molecular weight is 288 g/mol. The number of aryl methyl sites for hydroxylation is 1. The summed E-state index contributed by atoms with van der Waals surface area (Å²) < 4.78 is 5.37. The second-order valence-corrected chi connectivity index (χ2v) is 5.49. The van der Waals surface area contributed by atoms with E-state index < -0.39 is 12.2 Å². The number of hydrogen-bond donors (Lipinski definition) is 2. The highest BCUT2D eigenvalue weighted by Crippen LogP contribution is 2.33. The van der Waals surface area contributed by atoms with E-state index >= 15 is 0 Å². The van der Waals surface area contributed by atoms with Gasteiger partial charge in [0, 0.05) is 17.5 Å². The molecule has 0 saturated carbocycles. The third-order valence-corrected chi connectivity index (χ3v) is 4.17. The summed E-state index contributed by atoms with van der Waals surface area (Å²) in [4.78, 5) is 12.0. The zero-order valence-corrected chi connectivity index (χ0v) is 11.6. The molecule has 1 aliphatic carbocycles. The predicted octanol–water partition coefficient (Wildman–Crippen LogP) is 1.35. The van der Waals surface area contributed by atoms with Crippen molar-refractivity contribution in [1.82, 2.24) is 5.73 Å². The Bertz CT molecular complexity index is 722. The molecule has 3 N–H and O–H groups in total. The SMILES string of the molecule is [NH]CC(O)C(O)c1cccc2oc(=O)c3c(c12)CCCC3. The fraction of sp³-hybridized carbons (Fsp3) is 0.438. The van der Waals surface area contributed by atoms with Crippen molar-refractivity contribution < 1.29 is 14.6 Å². The number of aliphatic hydroxyl groups excluding tert-OH is 2. The van der Waals surface area contributed by atoms with Gasteiger partial charge in [0.15, 0.2) is 0 Å². The fourth-order valence-corrected chi connectivity index (χ4v) is 3.09. The molecule has 1 heterocycles. The van der Waals surface area contributed by atoms with Crippen LogP contribution in [-0.4, -0.2) is 22.9 Å². The van der Waals surface area contributed by atoms with Crippen LogP contribution >= 0.6 is 0 Å². The Balaban J connectivity index is 2.29. The highest BCUT2D eigenvalue weighted by Gasteiger charge is 2.25. The molecule has 111 valence electrons. The second-order valence-electron chi connectivity index (χ2n) is 5.49. The Labute approximate surface area is 122 Å². The summed E-state index contributed by atoms with van der Waals surface area (Å²) in [5.41, 5.74) is 9.53. The molecule has 1 aromatic heterocycles. The smallest absolute Gasteiger partial charge is 0.339 e. The summed E-state index contributed by atoms with van der Waals surface area (Å²) in [7, 11) is 0. The molecule has 0 bridgehead atoms. The number of nitrogens with one attached hydrogen (secondary N) is 1. The molecule has 1 aliphatic rings. The van der Waals surface area contributed by atoms with Gasteiger partial charge in [0.05, 0.1) is 6.10 Å². The van der Waals surface area contributed by atoms with Crippen LogP contribution in [0.15, 0.2) is 27.4 Å². The molecule has 0 saturated heterocycles. The van der Waals surface area contributed by atoms with Gasteiger partial charge in [-0.05, 0) is 42.9 Å². The van der Waals surface area contributed by atoms with Crippen LogP contribution in [0.3, 0.4) is 0 Å². The van der Waals surface area contributed by atoms with E-state index in [9.17, 15) is 15.0 Å². The van der Waals surface area contributed by atoms with Gasteiger partial charge in [-0.2, -0.15) is 0 Å². The van der Waals surface area contributed by atoms with E-state index in [2.05, 4.69) is 0 Å². The van der Waals surface area contributed by atoms with E-state index in [1.165, 1.54) is 0 Å². The topological polar surface area (TPSA) is 94.5 Å². The van der Waals surface area contributed by atoms with Crippen molar-refractivity contribution in [1.29, 1.82) is 0 Å². The third kappa shape index (κ3) is 2.37. The van der Waals surface area contributed by atoms with Crippen LogP contribution in [-0.2, 0) is 12.8 Å². The molecule has 2 unspecified atom stereocenters. The minimum Gasteiger partial charge on any atom is -0.422 e. The Morgan fingerprint density at radius 2 is 1.90 bits per heavy atom. The predicted molar refractivity (Wildman–Crippen MR) is 78.1 cm³/mol. The van der Waals surface area contributed by atoms with Gasteiger partial charge in [0.2, 0.25) is 0 Å². The van der Waals surface area contributed by atoms with E-state index in [1.54, 1.807) is 18.2 Å². The maximum Gasteiger partial charge on any atom is 0.339 e. The molecule has 2 atom stereocenters. The Morgan fingerprint density at radius 3 is 2.62 bits per heavy atom. The van der Waals surface area contributed by atoms with Crippen molar-refractivity contribution in [2.75, 3.05) is 6.54 Å². The van der Waals surface area contributed by atoms with Crippen molar-refractivity contribution in [3.63, 3.8) is 0 Å². The van der Waals surface area contributed by atoms with Gasteiger partial charge >= 0.3 is 5.63 Å². The lowest BCUT2D eigenvalue weighted by molar-refractivity contribution is 0.0242. The van der Waals surface area contributed by atoms with Gasteiger partial charge in [0.1, 0.15) is 11.7 Å². The van der Waals surface area contributed by atoms with Crippen LogP contribution in [0.4, 0.5) is 0 Å². The van der Waals surface area contributed by atoms with Gasteiger partial charge in [-0.1, -0.05) is 12.1 Å². The Kier molecular flexibility index (Phi) is 3.80. The minimum absolute atomic E-state index is 0.281. The standard InChI is InChI=1S/C16H18NO4/c17-8-12(18)15(19)11-6-3-7-13-14(11)9-4-1-2-5-10(9)16(20)21-13/h3,6-7,12,15,17-19H,1-2,4-5,8H2. The van der Waals surface area contributed by atoms with E-state index in [0.29, 0.717) is 23.1 Å². The first-order valence-corrected chi connectivity index (χ1v) is 7.21. The molecule has 5 nitrogen and oxygen atoms in total. The number of rotatable bonds is 3. The Morgan fingerprint density at radius 1 is 1.19 bits per heavy atom. The summed E-state index contributed by atoms with van der Waals surface area (Å²) >= 11 is 0. The number of aliphatic hydroxyl groups is 2. The monoisotopic (exact) mass is 288 g/mol. The molecule has 0 aliphatic heterocycles. The van der Waals surface area contributed by atoms with Gasteiger partial charge in [-0.3, -0.25) is 5.73 Å². The summed E-state index contributed by atoms with van der Waals surface area (Å²) in [5.74, 6) is 0. The van der Waals surface area contributed by atoms with Crippen molar-refractivity contribution >= 4 is 11.0 Å². The maximum absolute atomic E-state index is 12.0. The van der Waals surface area contributed by atoms with Crippen LogP contribution in [0.25, 0.3) is 11.0 Å². The van der Waals surface area contributed by atoms with E-state index in [1.807, 2.05) is 0 Å². The van der Waals surface area contributed by atoms with E-state index in [0.717, 1.165) is 30.2 Å². The van der Waals surface area contributed by atoms with Crippen LogP contribution < -0.4 is 11.4 Å². The molecule has 0 amide bonds. The zero-order valence-electron chi connectivity index (χ0n) is 11.6. The molecule has 1 radical (unpaired) electrons. The first-order chi connectivity index (χ1) is 10.1. The zero-order chi connectivity index (χ0) is 15.0. The van der Waals surface area contributed by atoms with Crippen molar-refractivity contribution in [2.45, 2.75) is 37.9 Å². The third-order valence-electron chi connectivity index (χ3n) is 4.17. The molecule has 21 heavy (non-hydrogen) atoms. The molecular formula is C16H18NO4. The maximum atomic E-state index is 12.0. The number of benzene rings is 1. The number of fused-ring (bicyclic) bond motifs is 3. The van der Waals surface area contributed by atoms with Crippen LogP contribution in [0.1, 0.15) is 35.6 Å².